The first kappa shape index (κ1) is 25.3. The molecule has 0 N–H and O–H groups in total. The molecule has 0 aromatic heterocycles. The Morgan fingerprint density at radius 2 is 1.60 bits per heavy atom. The summed E-state index contributed by atoms with van der Waals surface area (Å²) in [6.07, 6.45) is 1.03. The Hall–Kier alpha value is -2.78. The lowest BCUT2D eigenvalue weighted by molar-refractivity contribution is -0.137. The molecule has 0 unspecified atom stereocenters. The third-order valence-corrected chi connectivity index (χ3v) is 9.22. The molecule has 0 atom stereocenters. The number of methoxy groups -OCH3 is 2. The highest BCUT2D eigenvalue weighted by atomic mass is 32.2. The number of rotatable bonds is 6. The van der Waals surface area contributed by atoms with E-state index in [1.165, 1.54) is 41.4 Å². The number of sulfonamides is 1. The van der Waals surface area contributed by atoms with Crippen molar-refractivity contribution in [1.82, 2.24) is 9.21 Å². The van der Waals surface area contributed by atoms with E-state index in [9.17, 15) is 13.2 Å². The van der Waals surface area contributed by atoms with E-state index in [-0.39, 0.29) is 22.5 Å². The molecule has 2 aliphatic heterocycles. The summed E-state index contributed by atoms with van der Waals surface area (Å²) in [6, 6.07) is 11.1. The Kier molecular flexibility index (Phi) is 7.56. The van der Waals surface area contributed by atoms with Gasteiger partial charge in [0.15, 0.2) is 0 Å². The van der Waals surface area contributed by atoms with Crippen molar-refractivity contribution in [1.29, 1.82) is 0 Å². The zero-order valence-corrected chi connectivity index (χ0v) is 21.8. The van der Waals surface area contributed by atoms with Crippen LogP contribution in [0, 0.1) is 19.8 Å². The zero-order chi connectivity index (χ0) is 25.2. The van der Waals surface area contributed by atoms with Gasteiger partial charge in [-0.15, -0.1) is 0 Å². The predicted octanol–water partition coefficient (Wildman–Crippen LogP) is 3.07. The molecule has 2 fully saturated rings. The Bertz CT molecular complexity index is 1170. The third kappa shape index (κ3) is 5.11. The van der Waals surface area contributed by atoms with Gasteiger partial charge in [-0.05, 0) is 56.0 Å². The Labute approximate surface area is 208 Å². The van der Waals surface area contributed by atoms with Gasteiger partial charge in [0, 0.05) is 56.9 Å². The summed E-state index contributed by atoms with van der Waals surface area (Å²) in [5.74, 6) is 0.725. The van der Waals surface area contributed by atoms with Crippen LogP contribution in [0.2, 0.25) is 0 Å². The van der Waals surface area contributed by atoms with Gasteiger partial charge >= 0.3 is 0 Å². The fraction of sp³-hybridized carbons (Fsp3) is 0.500. The molecule has 0 saturated carbocycles. The first-order chi connectivity index (χ1) is 16.8. The molecule has 4 rings (SSSR count). The Balaban J connectivity index is 1.36. The van der Waals surface area contributed by atoms with Crippen molar-refractivity contribution < 1.29 is 22.7 Å². The normalized spacial score (nSPS) is 17.9. The van der Waals surface area contributed by atoms with Gasteiger partial charge in [0.25, 0.3) is 0 Å². The van der Waals surface area contributed by atoms with E-state index in [2.05, 4.69) is 36.9 Å². The predicted molar refractivity (Wildman–Crippen MR) is 136 cm³/mol. The molecule has 8 nitrogen and oxygen atoms in total. The van der Waals surface area contributed by atoms with Crippen LogP contribution in [-0.2, 0) is 14.8 Å². The summed E-state index contributed by atoms with van der Waals surface area (Å²) in [6.45, 7) is 7.86. The number of anilines is 1. The lowest BCUT2D eigenvalue weighted by Crippen LogP contribution is -2.52. The van der Waals surface area contributed by atoms with Crippen molar-refractivity contribution >= 4 is 21.6 Å². The number of piperazine rings is 1. The summed E-state index contributed by atoms with van der Waals surface area (Å²) >= 11 is 0. The molecule has 0 aliphatic carbocycles. The van der Waals surface area contributed by atoms with Crippen molar-refractivity contribution in [2.45, 2.75) is 31.6 Å². The fourth-order valence-corrected chi connectivity index (χ4v) is 6.61. The van der Waals surface area contributed by atoms with E-state index in [0.717, 1.165) is 13.1 Å². The molecular formula is C26H35N3O5S. The highest BCUT2D eigenvalue weighted by molar-refractivity contribution is 7.89. The van der Waals surface area contributed by atoms with Crippen LogP contribution in [0.5, 0.6) is 11.5 Å². The van der Waals surface area contributed by atoms with E-state index in [4.69, 9.17) is 9.47 Å². The van der Waals surface area contributed by atoms with Crippen LogP contribution in [0.3, 0.4) is 0 Å². The Morgan fingerprint density at radius 1 is 0.914 bits per heavy atom. The number of benzene rings is 2. The van der Waals surface area contributed by atoms with Crippen molar-refractivity contribution in [3.8, 4) is 11.5 Å². The van der Waals surface area contributed by atoms with Crippen molar-refractivity contribution in [3.05, 3.63) is 47.5 Å². The molecular weight excluding hydrogens is 466 g/mol. The quantitative estimate of drug-likeness (QED) is 0.605. The second-order valence-electron chi connectivity index (χ2n) is 9.23. The lowest BCUT2D eigenvalue weighted by atomic mass is 9.96. The number of piperidine rings is 1. The van der Waals surface area contributed by atoms with Crippen LogP contribution in [0.25, 0.3) is 0 Å². The highest BCUT2D eigenvalue weighted by Crippen LogP contribution is 2.33. The molecule has 9 heteroatoms. The van der Waals surface area contributed by atoms with Gasteiger partial charge in [0.1, 0.15) is 16.4 Å². The molecule has 2 saturated heterocycles. The summed E-state index contributed by atoms with van der Waals surface area (Å²) in [5.41, 5.74) is 3.80. The van der Waals surface area contributed by atoms with Crippen molar-refractivity contribution in [2.75, 3.05) is 58.4 Å². The van der Waals surface area contributed by atoms with Gasteiger partial charge in [-0.1, -0.05) is 12.1 Å². The number of carbonyl (C=O) groups is 1. The molecule has 0 radical (unpaired) electrons. The SMILES string of the molecule is COc1ccc(OC)c(S(=O)(=O)N2CCC(C(=O)N3CCN(c4cccc(C)c4C)CC3)CC2)c1. The van der Waals surface area contributed by atoms with Crippen LogP contribution in [-0.4, -0.2) is 77.0 Å². The molecule has 35 heavy (non-hydrogen) atoms. The lowest BCUT2D eigenvalue weighted by Gasteiger charge is -2.39. The van der Waals surface area contributed by atoms with Gasteiger partial charge in [0.05, 0.1) is 14.2 Å². The summed E-state index contributed by atoms with van der Waals surface area (Å²) in [7, 11) is -0.813. The van der Waals surface area contributed by atoms with Crippen LogP contribution in [0.15, 0.2) is 41.3 Å². The van der Waals surface area contributed by atoms with E-state index in [0.29, 0.717) is 44.8 Å². The second kappa shape index (κ2) is 10.5. The average molecular weight is 502 g/mol. The molecule has 2 heterocycles. The van der Waals surface area contributed by atoms with Gasteiger partial charge in [-0.2, -0.15) is 4.31 Å². The summed E-state index contributed by atoms with van der Waals surface area (Å²) in [4.78, 5) is 17.6. The van der Waals surface area contributed by atoms with E-state index in [1.807, 2.05) is 4.90 Å². The summed E-state index contributed by atoms with van der Waals surface area (Å²) in [5, 5.41) is 0. The number of ether oxygens (including phenoxy) is 2. The minimum atomic E-state index is -3.76. The second-order valence-corrected chi connectivity index (χ2v) is 11.1. The first-order valence-electron chi connectivity index (χ1n) is 12.1. The first-order valence-corrected chi connectivity index (χ1v) is 13.5. The van der Waals surface area contributed by atoms with E-state index >= 15 is 0 Å². The number of hydrogen-bond acceptors (Lipinski definition) is 6. The monoisotopic (exact) mass is 501 g/mol. The van der Waals surface area contributed by atoms with Gasteiger partial charge in [-0.25, -0.2) is 8.42 Å². The summed E-state index contributed by atoms with van der Waals surface area (Å²) < 4.78 is 38.6. The number of amides is 1. The van der Waals surface area contributed by atoms with Gasteiger partial charge in [0.2, 0.25) is 15.9 Å². The highest BCUT2D eigenvalue weighted by Gasteiger charge is 2.36. The minimum absolute atomic E-state index is 0.0895. The number of aryl methyl sites for hydroxylation is 1. The third-order valence-electron chi connectivity index (χ3n) is 7.30. The van der Waals surface area contributed by atoms with Crippen LogP contribution in [0.1, 0.15) is 24.0 Å². The molecule has 2 aliphatic rings. The average Bonchev–Trinajstić information content (AvgIpc) is 2.89. The largest absolute Gasteiger partial charge is 0.497 e. The van der Waals surface area contributed by atoms with Crippen LogP contribution < -0.4 is 14.4 Å². The molecule has 1 amide bonds. The molecule has 190 valence electrons. The van der Waals surface area contributed by atoms with Gasteiger partial charge < -0.3 is 19.3 Å². The smallest absolute Gasteiger partial charge is 0.246 e. The van der Waals surface area contributed by atoms with Crippen molar-refractivity contribution in [2.24, 2.45) is 5.92 Å². The van der Waals surface area contributed by atoms with Crippen LogP contribution >= 0.6 is 0 Å². The zero-order valence-electron chi connectivity index (χ0n) is 21.0. The minimum Gasteiger partial charge on any atom is -0.497 e. The molecule has 2 aromatic rings. The molecule has 0 bridgehead atoms. The number of hydrogen-bond donors (Lipinski definition) is 0. The molecule has 0 spiro atoms. The topological polar surface area (TPSA) is 79.4 Å². The van der Waals surface area contributed by atoms with E-state index < -0.39 is 10.0 Å². The maximum atomic E-state index is 13.3. The van der Waals surface area contributed by atoms with Crippen molar-refractivity contribution in [3.63, 3.8) is 0 Å². The molecule has 2 aromatic carbocycles. The number of nitrogens with zero attached hydrogens (tertiary/aromatic N) is 3. The van der Waals surface area contributed by atoms with Gasteiger partial charge in [-0.3, -0.25) is 4.79 Å². The van der Waals surface area contributed by atoms with Crippen LogP contribution in [0.4, 0.5) is 5.69 Å². The fourth-order valence-electron chi connectivity index (χ4n) is 4.97. The number of carbonyl (C=O) groups excluding carboxylic acids is 1. The maximum Gasteiger partial charge on any atom is 0.246 e. The van der Waals surface area contributed by atoms with E-state index in [1.54, 1.807) is 12.1 Å². The standard InChI is InChI=1S/C26H35N3O5S/c1-19-6-5-7-23(20(19)2)27-14-16-28(17-15-27)26(30)21-10-12-29(13-11-21)35(31,32)25-18-22(33-3)8-9-24(25)34-4/h5-9,18,21H,10-17H2,1-4H3. The Morgan fingerprint density at radius 3 is 2.23 bits per heavy atom. The maximum absolute atomic E-state index is 13.3.